The van der Waals surface area contributed by atoms with Crippen LogP contribution >= 0.6 is 0 Å². The Morgan fingerprint density at radius 3 is 2.27 bits per heavy atom. The summed E-state index contributed by atoms with van der Waals surface area (Å²) in [5.41, 5.74) is 1.52. The maximum Gasteiger partial charge on any atom is 0.490 e. The van der Waals surface area contributed by atoms with E-state index in [4.69, 9.17) is 19.4 Å². The van der Waals surface area contributed by atoms with Gasteiger partial charge in [-0.2, -0.15) is 13.2 Å². The minimum absolute atomic E-state index is 0.00208. The van der Waals surface area contributed by atoms with E-state index in [0.717, 1.165) is 67.7 Å². The first-order valence-corrected chi connectivity index (χ1v) is 15.2. The summed E-state index contributed by atoms with van der Waals surface area (Å²) < 4.78 is 69.8. The first kappa shape index (κ1) is 32.8. The fourth-order valence-corrected chi connectivity index (χ4v) is 8.14. The van der Waals surface area contributed by atoms with Gasteiger partial charge in [0.1, 0.15) is 0 Å². The summed E-state index contributed by atoms with van der Waals surface area (Å²) >= 11 is 0. The van der Waals surface area contributed by atoms with Crippen molar-refractivity contribution in [2.75, 3.05) is 26.1 Å². The number of hydrogen-bond donors (Lipinski definition) is 3. The molecule has 3 aliphatic carbocycles. The van der Waals surface area contributed by atoms with Gasteiger partial charge in [0.25, 0.3) is 0 Å². The van der Waals surface area contributed by atoms with Crippen LogP contribution in [0.2, 0.25) is 0 Å². The third-order valence-electron chi connectivity index (χ3n) is 10.1. The number of ether oxygens (including phenoxy) is 2. The molecule has 45 heavy (non-hydrogen) atoms. The minimum Gasteiger partial charge on any atom is -0.493 e. The van der Waals surface area contributed by atoms with E-state index in [1.165, 1.54) is 37.3 Å². The van der Waals surface area contributed by atoms with E-state index in [2.05, 4.69) is 27.7 Å². The Balaban J connectivity index is 0.000000515. The number of aliphatic carboxylic acids is 1. The molecule has 2 aromatic carbocycles. The van der Waals surface area contributed by atoms with Gasteiger partial charge in [0, 0.05) is 35.3 Å². The molecule has 13 heteroatoms. The van der Waals surface area contributed by atoms with Gasteiger partial charge in [-0.05, 0) is 93.2 Å². The van der Waals surface area contributed by atoms with Crippen LogP contribution in [0.4, 0.5) is 32.4 Å². The number of methoxy groups -OCH3 is 2. The molecule has 2 aromatic rings. The monoisotopic (exact) mass is 639 g/mol. The maximum absolute atomic E-state index is 13.6. The van der Waals surface area contributed by atoms with E-state index in [9.17, 15) is 26.7 Å². The summed E-state index contributed by atoms with van der Waals surface area (Å²) in [6.45, 7) is 1.07. The van der Waals surface area contributed by atoms with Gasteiger partial charge in [0.15, 0.2) is 23.1 Å². The van der Waals surface area contributed by atoms with Crippen LogP contribution in [0, 0.1) is 23.5 Å². The standard InChI is InChI=1S/C30H37F2N3O3.C2HF3O2/c1-37-26-8-5-20(15-27(26)38-2)30-10-9-22(34-29(36)33-21-6-7-23(31)24(32)16-21)17-28(30)35(12-11-30)25-14-18-3-4-19(25)13-18;3-2(4,5)1(6)7/h5-8,15-16,18-19,22,25,28H,3-4,9-14,17H2,1-2H3,(H2,33,34,36);(H,6,7)/t18?,19?,22-,25?,28+,30+;/m1./s1. The van der Waals surface area contributed by atoms with Crippen molar-refractivity contribution in [3.05, 3.63) is 53.6 Å². The Kier molecular flexibility index (Phi) is 9.48. The normalized spacial score (nSPS) is 28.9. The van der Waals surface area contributed by atoms with Crippen LogP contribution in [-0.2, 0) is 10.2 Å². The zero-order valence-corrected chi connectivity index (χ0v) is 25.1. The molecule has 6 rings (SSSR count). The lowest BCUT2D eigenvalue weighted by molar-refractivity contribution is -0.192. The van der Waals surface area contributed by atoms with E-state index in [1.54, 1.807) is 14.2 Å². The van der Waals surface area contributed by atoms with Gasteiger partial charge in [0.2, 0.25) is 0 Å². The van der Waals surface area contributed by atoms with E-state index in [0.29, 0.717) is 12.1 Å². The van der Waals surface area contributed by atoms with E-state index in [1.807, 2.05) is 6.07 Å². The number of carbonyl (C=O) groups is 2. The van der Waals surface area contributed by atoms with Gasteiger partial charge in [-0.1, -0.05) is 12.5 Å². The first-order chi connectivity index (χ1) is 21.3. The van der Waals surface area contributed by atoms with E-state index in [-0.39, 0.29) is 23.2 Å². The number of anilines is 1. The lowest BCUT2D eigenvalue weighted by atomic mass is 9.64. The van der Waals surface area contributed by atoms with Crippen LogP contribution in [0.5, 0.6) is 11.5 Å². The van der Waals surface area contributed by atoms with Crippen LogP contribution in [0.1, 0.15) is 56.9 Å². The number of nitrogens with one attached hydrogen (secondary N) is 2. The van der Waals surface area contributed by atoms with Crippen LogP contribution in [0.3, 0.4) is 0 Å². The fourth-order valence-electron chi connectivity index (χ4n) is 8.14. The van der Waals surface area contributed by atoms with E-state index < -0.39 is 23.8 Å². The minimum atomic E-state index is -5.08. The second-order valence-electron chi connectivity index (χ2n) is 12.5. The van der Waals surface area contributed by atoms with Gasteiger partial charge >= 0.3 is 18.2 Å². The smallest absolute Gasteiger partial charge is 0.490 e. The molecule has 1 heterocycles. The number of nitrogens with zero attached hydrogens (tertiary/aromatic N) is 1. The van der Waals surface area contributed by atoms with Crippen molar-refractivity contribution in [1.29, 1.82) is 0 Å². The van der Waals surface area contributed by atoms with Gasteiger partial charge in [0.05, 0.1) is 14.2 Å². The molecular formula is C32H38F5N3O5. The number of benzene rings is 2. The summed E-state index contributed by atoms with van der Waals surface area (Å²) in [5, 5.41) is 12.9. The summed E-state index contributed by atoms with van der Waals surface area (Å²) in [5.74, 6) is -1.54. The third-order valence-corrected chi connectivity index (χ3v) is 10.1. The van der Waals surface area contributed by atoms with Crippen LogP contribution < -0.4 is 20.1 Å². The predicted molar refractivity (Wildman–Crippen MR) is 155 cm³/mol. The van der Waals surface area contributed by atoms with Crippen LogP contribution in [0.15, 0.2) is 36.4 Å². The number of likely N-dealkylation sites (tertiary alicyclic amines) is 1. The van der Waals surface area contributed by atoms with Crippen molar-refractivity contribution in [1.82, 2.24) is 10.2 Å². The molecule has 8 nitrogen and oxygen atoms in total. The average Bonchev–Trinajstić information content (AvgIpc) is 3.73. The van der Waals surface area contributed by atoms with Crippen molar-refractivity contribution in [3.63, 3.8) is 0 Å². The third kappa shape index (κ3) is 6.83. The lowest BCUT2D eigenvalue weighted by Crippen LogP contribution is -2.55. The molecule has 1 saturated heterocycles. The summed E-state index contributed by atoms with van der Waals surface area (Å²) in [4.78, 5) is 24.5. The molecule has 2 bridgehead atoms. The number of amides is 2. The number of alkyl halides is 3. The van der Waals surface area contributed by atoms with Crippen LogP contribution in [-0.4, -0.2) is 67.1 Å². The molecule has 4 fully saturated rings. The molecule has 4 aliphatic rings. The molecule has 3 unspecified atom stereocenters. The number of rotatable bonds is 6. The zero-order chi connectivity index (χ0) is 32.5. The molecule has 1 aliphatic heterocycles. The highest BCUT2D eigenvalue weighted by molar-refractivity contribution is 5.89. The van der Waals surface area contributed by atoms with Crippen molar-refractivity contribution in [2.24, 2.45) is 11.8 Å². The van der Waals surface area contributed by atoms with Crippen molar-refractivity contribution in [2.45, 2.75) is 81.1 Å². The lowest BCUT2D eigenvalue weighted by Gasteiger charge is -2.48. The second-order valence-corrected chi connectivity index (χ2v) is 12.5. The predicted octanol–water partition coefficient (Wildman–Crippen LogP) is 6.49. The van der Waals surface area contributed by atoms with Crippen LogP contribution in [0.25, 0.3) is 0 Å². The highest BCUT2D eigenvalue weighted by Crippen LogP contribution is 2.55. The Morgan fingerprint density at radius 2 is 1.67 bits per heavy atom. The molecular weight excluding hydrogens is 601 g/mol. The number of halogens is 5. The molecule has 246 valence electrons. The molecule has 0 radical (unpaired) electrons. The van der Waals surface area contributed by atoms with Gasteiger partial charge in [-0.3, -0.25) is 4.90 Å². The maximum atomic E-state index is 13.6. The molecule has 0 spiro atoms. The molecule has 6 atom stereocenters. The number of hydrogen-bond acceptors (Lipinski definition) is 5. The Labute approximate surface area is 258 Å². The SMILES string of the molecule is COc1ccc([C@@]23CC[C@@H](NC(=O)Nc4ccc(F)c(F)c4)C[C@@H]2N(C2CC4CCC2C4)CC3)cc1OC.O=C(O)C(F)(F)F. The number of carboxylic acids is 1. The summed E-state index contributed by atoms with van der Waals surface area (Å²) in [6.07, 6.45) is 4.02. The van der Waals surface area contributed by atoms with E-state index >= 15 is 0 Å². The zero-order valence-electron chi connectivity index (χ0n) is 25.1. The van der Waals surface area contributed by atoms with Crippen molar-refractivity contribution >= 4 is 17.7 Å². The Hall–Kier alpha value is -3.61. The highest BCUT2D eigenvalue weighted by Gasteiger charge is 2.56. The van der Waals surface area contributed by atoms with Crippen molar-refractivity contribution < 1.29 is 46.1 Å². The van der Waals surface area contributed by atoms with Gasteiger partial charge < -0.3 is 25.2 Å². The fraction of sp³-hybridized carbons (Fsp3) is 0.562. The van der Waals surface area contributed by atoms with Gasteiger partial charge in [-0.15, -0.1) is 0 Å². The molecule has 0 aromatic heterocycles. The van der Waals surface area contributed by atoms with Gasteiger partial charge in [-0.25, -0.2) is 18.4 Å². The molecule has 2 amide bonds. The quantitative estimate of drug-likeness (QED) is 0.313. The Bertz CT molecular complexity index is 1410. The first-order valence-electron chi connectivity index (χ1n) is 15.2. The summed E-state index contributed by atoms with van der Waals surface area (Å²) in [7, 11) is 3.34. The molecule has 3 saturated carbocycles. The number of fused-ring (bicyclic) bond motifs is 3. The topological polar surface area (TPSA) is 100 Å². The Morgan fingerprint density at radius 1 is 0.933 bits per heavy atom. The highest BCUT2D eigenvalue weighted by atomic mass is 19.4. The second kappa shape index (κ2) is 13.0. The van der Waals surface area contributed by atoms with Crippen molar-refractivity contribution in [3.8, 4) is 11.5 Å². The number of carboxylic acid groups (broad SMARTS) is 1. The number of urea groups is 1. The molecule has 3 N–H and O–H groups in total. The summed E-state index contributed by atoms with van der Waals surface area (Å²) in [6, 6.07) is 10.3. The largest absolute Gasteiger partial charge is 0.493 e. The average molecular weight is 640 g/mol. The number of carbonyl (C=O) groups excluding carboxylic acids is 1.